The van der Waals surface area contributed by atoms with Crippen molar-refractivity contribution in [2.24, 2.45) is 5.92 Å². The Balaban J connectivity index is 1.42. The number of hydrogen-bond donors (Lipinski definition) is 1. The highest BCUT2D eigenvalue weighted by molar-refractivity contribution is 5.94. The normalized spacial score (nSPS) is 18.0. The molecule has 1 aliphatic carbocycles. The van der Waals surface area contributed by atoms with Gasteiger partial charge in [0.1, 0.15) is 5.75 Å². The zero-order valence-corrected chi connectivity index (χ0v) is 15.9. The van der Waals surface area contributed by atoms with E-state index in [4.69, 9.17) is 4.74 Å². The zero-order valence-electron chi connectivity index (χ0n) is 15.9. The number of likely N-dealkylation sites (tertiary alicyclic amines) is 1. The maximum Gasteiger partial charge on any atom is 0.253 e. The van der Waals surface area contributed by atoms with Crippen LogP contribution in [0.25, 0.3) is 0 Å². The largest absolute Gasteiger partial charge is 0.491 e. The van der Waals surface area contributed by atoms with Crippen LogP contribution in [-0.2, 0) is 4.79 Å². The Hall–Kier alpha value is -2.04. The lowest BCUT2D eigenvalue weighted by atomic mass is 9.91. The van der Waals surface area contributed by atoms with E-state index in [-0.39, 0.29) is 17.9 Å². The first-order valence-electron chi connectivity index (χ1n) is 9.86. The Bertz CT molecular complexity index is 615. The Labute approximate surface area is 156 Å². The van der Waals surface area contributed by atoms with E-state index in [2.05, 4.69) is 5.32 Å². The molecule has 3 rings (SSSR count). The second-order valence-corrected chi connectivity index (χ2v) is 7.81. The molecule has 1 aromatic rings. The summed E-state index contributed by atoms with van der Waals surface area (Å²) in [6, 6.07) is 7.85. The van der Waals surface area contributed by atoms with Crippen LogP contribution in [-0.4, -0.2) is 41.9 Å². The first-order chi connectivity index (χ1) is 12.5. The van der Waals surface area contributed by atoms with Crippen molar-refractivity contribution >= 4 is 11.8 Å². The van der Waals surface area contributed by atoms with Crippen molar-refractivity contribution in [3.05, 3.63) is 29.8 Å². The molecule has 0 bridgehead atoms. The van der Waals surface area contributed by atoms with Crippen molar-refractivity contribution in [2.45, 2.75) is 64.5 Å². The second-order valence-electron chi connectivity index (χ2n) is 7.81. The number of hydrogen-bond acceptors (Lipinski definition) is 3. The van der Waals surface area contributed by atoms with Gasteiger partial charge in [-0.25, -0.2) is 0 Å². The van der Waals surface area contributed by atoms with Crippen LogP contribution >= 0.6 is 0 Å². The number of rotatable bonds is 7. The summed E-state index contributed by atoms with van der Waals surface area (Å²) in [4.78, 5) is 26.4. The van der Waals surface area contributed by atoms with E-state index in [0.717, 1.165) is 50.9 Å². The molecule has 0 aromatic heterocycles. The average Bonchev–Trinajstić information content (AvgIpc) is 3.44. The number of carbonyl (C=O) groups is 2. The highest BCUT2D eigenvalue weighted by Gasteiger charge is 2.26. The highest BCUT2D eigenvalue weighted by Crippen LogP contribution is 2.24. The van der Waals surface area contributed by atoms with Crippen LogP contribution in [0, 0.1) is 5.92 Å². The molecule has 0 spiro atoms. The molecule has 1 heterocycles. The summed E-state index contributed by atoms with van der Waals surface area (Å²) in [7, 11) is 0. The fraction of sp³-hybridized carbons (Fsp3) is 0.619. The van der Waals surface area contributed by atoms with E-state index in [1.807, 2.05) is 43.0 Å². The van der Waals surface area contributed by atoms with Crippen LogP contribution in [0.5, 0.6) is 5.75 Å². The van der Waals surface area contributed by atoms with Gasteiger partial charge in [0.15, 0.2) is 0 Å². The third kappa shape index (κ3) is 5.48. The van der Waals surface area contributed by atoms with Crippen molar-refractivity contribution in [3.63, 3.8) is 0 Å². The fourth-order valence-corrected chi connectivity index (χ4v) is 3.42. The summed E-state index contributed by atoms with van der Waals surface area (Å²) in [6.45, 7) is 5.52. The van der Waals surface area contributed by atoms with Gasteiger partial charge in [-0.2, -0.15) is 0 Å². The second kappa shape index (κ2) is 8.56. The van der Waals surface area contributed by atoms with E-state index in [0.29, 0.717) is 23.9 Å². The number of benzene rings is 1. The lowest BCUT2D eigenvalue weighted by Gasteiger charge is -2.32. The maximum atomic E-state index is 12.7. The van der Waals surface area contributed by atoms with E-state index >= 15 is 0 Å². The van der Waals surface area contributed by atoms with Crippen LogP contribution in [0.15, 0.2) is 24.3 Å². The molecule has 2 aliphatic rings. The molecule has 1 N–H and O–H groups in total. The molecule has 142 valence electrons. The first-order valence-corrected chi connectivity index (χ1v) is 9.86. The van der Waals surface area contributed by atoms with Crippen LogP contribution in [0.4, 0.5) is 0 Å². The van der Waals surface area contributed by atoms with E-state index in [1.165, 1.54) is 0 Å². The molecule has 1 saturated heterocycles. The molecule has 1 aromatic carbocycles. The molecule has 2 amide bonds. The van der Waals surface area contributed by atoms with Crippen LogP contribution in [0.1, 0.15) is 62.7 Å². The average molecular weight is 358 g/mol. The molecule has 2 fully saturated rings. The lowest BCUT2D eigenvalue weighted by Crippen LogP contribution is -2.38. The minimum atomic E-state index is 0.0889. The molecule has 5 heteroatoms. The quantitative estimate of drug-likeness (QED) is 0.813. The highest BCUT2D eigenvalue weighted by atomic mass is 16.5. The Morgan fingerprint density at radius 2 is 1.77 bits per heavy atom. The minimum Gasteiger partial charge on any atom is -0.491 e. The van der Waals surface area contributed by atoms with Crippen LogP contribution < -0.4 is 10.1 Å². The lowest BCUT2D eigenvalue weighted by molar-refractivity contribution is -0.121. The summed E-state index contributed by atoms with van der Waals surface area (Å²) in [6.07, 6.45) is 5.91. The first kappa shape index (κ1) is 18.7. The fourth-order valence-electron chi connectivity index (χ4n) is 3.42. The van der Waals surface area contributed by atoms with Gasteiger partial charge in [-0.1, -0.05) is 0 Å². The smallest absolute Gasteiger partial charge is 0.253 e. The third-order valence-electron chi connectivity index (χ3n) is 5.10. The summed E-state index contributed by atoms with van der Waals surface area (Å²) < 4.78 is 5.62. The molecular weight excluding hydrogens is 328 g/mol. The van der Waals surface area contributed by atoms with Crippen molar-refractivity contribution in [3.8, 4) is 5.75 Å². The number of carbonyl (C=O) groups excluding carboxylic acids is 2. The summed E-state index contributed by atoms with van der Waals surface area (Å²) in [5.74, 6) is 1.62. The Kier molecular flexibility index (Phi) is 6.17. The third-order valence-corrected chi connectivity index (χ3v) is 5.10. The molecule has 1 saturated carbocycles. The van der Waals surface area contributed by atoms with Gasteiger partial charge in [-0.15, -0.1) is 0 Å². The topological polar surface area (TPSA) is 58.6 Å². The molecule has 0 radical (unpaired) electrons. The van der Waals surface area contributed by atoms with E-state index in [1.54, 1.807) is 0 Å². The predicted octanol–water partition coefficient (Wildman–Crippen LogP) is 3.38. The van der Waals surface area contributed by atoms with Crippen LogP contribution in [0.2, 0.25) is 0 Å². The molecule has 0 unspecified atom stereocenters. The van der Waals surface area contributed by atoms with Crippen molar-refractivity contribution in [2.75, 3.05) is 13.1 Å². The maximum absolute atomic E-state index is 12.7. The monoisotopic (exact) mass is 358 g/mol. The van der Waals surface area contributed by atoms with Crippen molar-refractivity contribution in [1.29, 1.82) is 0 Å². The van der Waals surface area contributed by atoms with Gasteiger partial charge in [0.25, 0.3) is 5.91 Å². The Morgan fingerprint density at radius 3 is 2.35 bits per heavy atom. The minimum absolute atomic E-state index is 0.0889. The zero-order chi connectivity index (χ0) is 18.5. The molecule has 5 nitrogen and oxygen atoms in total. The summed E-state index contributed by atoms with van der Waals surface area (Å²) in [5.41, 5.74) is 0.711. The van der Waals surface area contributed by atoms with Gasteiger partial charge in [-0.05, 0) is 76.1 Å². The number of ether oxygens (including phenoxy) is 1. The van der Waals surface area contributed by atoms with Gasteiger partial charge < -0.3 is 15.0 Å². The SMILES string of the molecule is CC(C)Oc1ccc(C(=O)N2CCC(CCC(=O)NC3CC3)CC2)cc1. The molecule has 1 aliphatic heterocycles. The molecular formula is C21H30N2O3. The van der Waals surface area contributed by atoms with Crippen molar-refractivity contribution < 1.29 is 14.3 Å². The van der Waals surface area contributed by atoms with Gasteiger partial charge in [-0.3, -0.25) is 9.59 Å². The van der Waals surface area contributed by atoms with Gasteiger partial charge in [0, 0.05) is 31.1 Å². The number of nitrogens with one attached hydrogen (secondary N) is 1. The van der Waals surface area contributed by atoms with Gasteiger partial charge in [0.05, 0.1) is 6.10 Å². The standard InChI is InChI=1S/C21H30N2O3/c1-15(2)26-19-8-4-17(5-9-19)21(25)23-13-11-16(12-14-23)3-10-20(24)22-18-6-7-18/h4-5,8-9,15-16,18H,3,6-7,10-14H2,1-2H3,(H,22,24). The molecule has 0 atom stereocenters. The summed E-state index contributed by atoms with van der Waals surface area (Å²) in [5, 5.41) is 3.04. The number of piperidine rings is 1. The Morgan fingerprint density at radius 1 is 1.12 bits per heavy atom. The van der Waals surface area contributed by atoms with E-state index < -0.39 is 0 Å². The molecule has 26 heavy (non-hydrogen) atoms. The van der Waals surface area contributed by atoms with E-state index in [9.17, 15) is 9.59 Å². The van der Waals surface area contributed by atoms with Gasteiger partial charge in [0.2, 0.25) is 5.91 Å². The summed E-state index contributed by atoms with van der Waals surface area (Å²) >= 11 is 0. The number of amides is 2. The van der Waals surface area contributed by atoms with Crippen LogP contribution in [0.3, 0.4) is 0 Å². The number of nitrogens with zero attached hydrogens (tertiary/aromatic N) is 1. The van der Waals surface area contributed by atoms with Gasteiger partial charge >= 0.3 is 0 Å². The van der Waals surface area contributed by atoms with Crippen molar-refractivity contribution in [1.82, 2.24) is 10.2 Å². The predicted molar refractivity (Wildman–Crippen MR) is 101 cm³/mol.